The lowest BCUT2D eigenvalue weighted by Crippen LogP contribution is -2.44. The molecule has 0 radical (unpaired) electrons. The van der Waals surface area contributed by atoms with Gasteiger partial charge in [-0.2, -0.15) is 0 Å². The van der Waals surface area contributed by atoms with Crippen molar-refractivity contribution in [2.75, 3.05) is 26.5 Å². The summed E-state index contributed by atoms with van der Waals surface area (Å²) in [5.41, 5.74) is 0.234. The number of hydrogen-bond acceptors (Lipinski definition) is 5. The van der Waals surface area contributed by atoms with E-state index in [1.165, 1.54) is 12.1 Å². The van der Waals surface area contributed by atoms with E-state index in [-0.39, 0.29) is 29.9 Å². The van der Waals surface area contributed by atoms with Crippen molar-refractivity contribution in [3.05, 3.63) is 22.7 Å². The zero-order valence-electron chi connectivity index (χ0n) is 13.7. The van der Waals surface area contributed by atoms with Gasteiger partial charge in [0.1, 0.15) is 0 Å². The van der Waals surface area contributed by atoms with Crippen LogP contribution in [0.1, 0.15) is 30.6 Å². The summed E-state index contributed by atoms with van der Waals surface area (Å²) in [5.74, 6) is 0.956. The van der Waals surface area contributed by atoms with Crippen LogP contribution in [0.4, 0.5) is 0 Å². The van der Waals surface area contributed by atoms with Gasteiger partial charge < -0.3 is 19.1 Å². The summed E-state index contributed by atoms with van der Waals surface area (Å²) in [7, 11) is 0. The largest absolute Gasteiger partial charge is 0.454 e. The molecule has 0 aliphatic carbocycles. The van der Waals surface area contributed by atoms with Crippen LogP contribution < -0.4 is 9.47 Å². The molecular formula is C17H20ClNO5. The van der Waals surface area contributed by atoms with Crippen LogP contribution in [0.25, 0.3) is 0 Å². The molecule has 1 fully saturated rings. The lowest BCUT2D eigenvalue weighted by Gasteiger charge is -2.34. The molecule has 0 N–H and O–H groups in total. The van der Waals surface area contributed by atoms with Crippen molar-refractivity contribution < 1.29 is 23.8 Å². The fourth-order valence-corrected chi connectivity index (χ4v) is 3.52. The molecule has 2 aliphatic heterocycles. The molecule has 0 saturated carbocycles. The predicted molar refractivity (Wildman–Crippen MR) is 87.4 cm³/mol. The van der Waals surface area contributed by atoms with Crippen molar-refractivity contribution in [3.8, 4) is 11.5 Å². The van der Waals surface area contributed by atoms with Crippen molar-refractivity contribution >= 4 is 23.5 Å². The summed E-state index contributed by atoms with van der Waals surface area (Å²) in [6.45, 7) is 5.45. The van der Waals surface area contributed by atoms with Crippen molar-refractivity contribution in [3.63, 3.8) is 0 Å². The van der Waals surface area contributed by atoms with Gasteiger partial charge in [-0.25, -0.2) is 4.79 Å². The maximum absolute atomic E-state index is 12.3. The molecule has 24 heavy (non-hydrogen) atoms. The van der Waals surface area contributed by atoms with Crippen molar-refractivity contribution in [1.82, 2.24) is 4.90 Å². The van der Waals surface area contributed by atoms with Gasteiger partial charge in [-0.05, 0) is 30.4 Å². The quantitative estimate of drug-likeness (QED) is 0.782. The number of rotatable bonds is 3. The van der Waals surface area contributed by atoms with E-state index in [1.54, 1.807) is 4.90 Å². The second-order valence-corrected chi connectivity index (χ2v) is 6.92. The Labute approximate surface area is 145 Å². The Morgan fingerprint density at radius 1 is 1.25 bits per heavy atom. The highest BCUT2D eigenvalue weighted by molar-refractivity contribution is 6.32. The van der Waals surface area contributed by atoms with E-state index >= 15 is 0 Å². The Morgan fingerprint density at radius 2 is 1.96 bits per heavy atom. The molecule has 1 saturated heterocycles. The number of esters is 1. The van der Waals surface area contributed by atoms with Crippen LogP contribution in [0.5, 0.6) is 11.5 Å². The highest BCUT2D eigenvalue weighted by Gasteiger charge is 2.26. The summed E-state index contributed by atoms with van der Waals surface area (Å²) in [5, 5.41) is 0.280. The molecule has 2 aliphatic rings. The zero-order valence-corrected chi connectivity index (χ0v) is 14.5. The molecular weight excluding hydrogens is 334 g/mol. The lowest BCUT2D eigenvalue weighted by atomic mass is 9.92. The van der Waals surface area contributed by atoms with Crippen molar-refractivity contribution in [1.29, 1.82) is 0 Å². The summed E-state index contributed by atoms with van der Waals surface area (Å²) >= 11 is 6.05. The first kappa shape index (κ1) is 16.9. The Hall–Kier alpha value is -1.95. The van der Waals surface area contributed by atoms with E-state index in [9.17, 15) is 9.59 Å². The van der Waals surface area contributed by atoms with Crippen LogP contribution in [-0.4, -0.2) is 43.3 Å². The number of halogens is 1. The second-order valence-electron chi connectivity index (χ2n) is 6.51. The van der Waals surface area contributed by atoms with Gasteiger partial charge in [0.05, 0.1) is 10.6 Å². The average Bonchev–Trinajstić information content (AvgIpc) is 3.00. The van der Waals surface area contributed by atoms with Crippen LogP contribution in [0, 0.1) is 11.8 Å². The number of benzene rings is 1. The Morgan fingerprint density at radius 3 is 2.67 bits per heavy atom. The van der Waals surface area contributed by atoms with Gasteiger partial charge in [0.25, 0.3) is 5.91 Å². The summed E-state index contributed by atoms with van der Waals surface area (Å²) in [4.78, 5) is 26.2. The summed E-state index contributed by atoms with van der Waals surface area (Å²) in [6.07, 6.45) is 1.11. The molecule has 0 aromatic heterocycles. The monoisotopic (exact) mass is 353 g/mol. The van der Waals surface area contributed by atoms with Crippen molar-refractivity contribution in [2.24, 2.45) is 11.8 Å². The molecule has 2 heterocycles. The Kier molecular flexibility index (Phi) is 4.85. The van der Waals surface area contributed by atoms with E-state index in [4.69, 9.17) is 25.8 Å². The predicted octanol–water partition coefficient (Wildman–Crippen LogP) is 2.73. The molecule has 6 nitrogen and oxygen atoms in total. The maximum atomic E-state index is 12.3. The molecule has 0 spiro atoms. The molecule has 0 bridgehead atoms. The van der Waals surface area contributed by atoms with Crippen LogP contribution in [0.15, 0.2) is 12.1 Å². The zero-order chi connectivity index (χ0) is 17.3. The molecule has 7 heteroatoms. The lowest BCUT2D eigenvalue weighted by molar-refractivity contribution is -0.137. The van der Waals surface area contributed by atoms with E-state index in [0.717, 1.165) is 6.42 Å². The van der Waals surface area contributed by atoms with E-state index < -0.39 is 5.97 Å². The van der Waals surface area contributed by atoms with E-state index in [2.05, 4.69) is 13.8 Å². The van der Waals surface area contributed by atoms with Crippen molar-refractivity contribution in [2.45, 2.75) is 20.3 Å². The third kappa shape index (κ3) is 3.59. The number of carbonyl (C=O) groups excluding carboxylic acids is 2. The molecule has 1 aromatic rings. The third-order valence-corrected chi connectivity index (χ3v) is 4.49. The molecule has 2 atom stereocenters. The molecule has 3 rings (SSSR count). The normalized spacial score (nSPS) is 22.4. The fraction of sp³-hybridized carbons (Fsp3) is 0.529. The molecule has 1 amide bonds. The first-order valence-electron chi connectivity index (χ1n) is 7.98. The first-order chi connectivity index (χ1) is 11.4. The number of ether oxygens (including phenoxy) is 3. The van der Waals surface area contributed by atoms with Gasteiger partial charge in [0, 0.05) is 13.1 Å². The second kappa shape index (κ2) is 6.89. The SMILES string of the molecule is CC1CC(C)CN(C(=O)COC(=O)c2cc(Cl)c3c(c2)OCO3)C1. The smallest absolute Gasteiger partial charge is 0.338 e. The highest BCUT2D eigenvalue weighted by Crippen LogP contribution is 2.39. The molecule has 1 aromatic carbocycles. The van der Waals surface area contributed by atoms with Crippen LogP contribution in [0.3, 0.4) is 0 Å². The van der Waals surface area contributed by atoms with E-state index in [1.807, 2.05) is 0 Å². The highest BCUT2D eigenvalue weighted by atomic mass is 35.5. The average molecular weight is 354 g/mol. The Bertz CT molecular complexity index is 653. The fourth-order valence-electron chi connectivity index (χ4n) is 3.25. The minimum Gasteiger partial charge on any atom is -0.454 e. The van der Waals surface area contributed by atoms with E-state index in [0.29, 0.717) is 36.4 Å². The number of fused-ring (bicyclic) bond motifs is 1. The summed E-state index contributed by atoms with van der Waals surface area (Å²) in [6, 6.07) is 2.96. The number of amides is 1. The van der Waals surface area contributed by atoms with Crippen LogP contribution in [-0.2, 0) is 9.53 Å². The van der Waals surface area contributed by atoms with Gasteiger partial charge in [-0.15, -0.1) is 0 Å². The minimum absolute atomic E-state index is 0.0668. The number of nitrogens with zero attached hydrogens (tertiary/aromatic N) is 1. The number of hydrogen-bond donors (Lipinski definition) is 0. The topological polar surface area (TPSA) is 65.1 Å². The maximum Gasteiger partial charge on any atom is 0.338 e. The Balaban J connectivity index is 1.59. The van der Waals surface area contributed by atoms with Gasteiger partial charge in [0.15, 0.2) is 18.1 Å². The van der Waals surface area contributed by atoms with Crippen LogP contribution >= 0.6 is 11.6 Å². The number of carbonyl (C=O) groups is 2. The molecule has 2 unspecified atom stereocenters. The first-order valence-corrected chi connectivity index (χ1v) is 8.36. The standard InChI is InChI=1S/C17H20ClNO5/c1-10-3-11(2)7-19(6-10)15(20)8-22-17(21)12-4-13(18)16-14(5-12)23-9-24-16/h4-5,10-11H,3,6-9H2,1-2H3. The van der Waals surface area contributed by atoms with Gasteiger partial charge in [-0.3, -0.25) is 4.79 Å². The summed E-state index contributed by atoms with van der Waals surface area (Å²) < 4.78 is 15.6. The van der Waals surface area contributed by atoms with Gasteiger partial charge in [-0.1, -0.05) is 25.4 Å². The third-order valence-electron chi connectivity index (χ3n) is 4.21. The van der Waals surface area contributed by atoms with Gasteiger partial charge in [0.2, 0.25) is 6.79 Å². The molecule has 130 valence electrons. The number of likely N-dealkylation sites (tertiary alicyclic amines) is 1. The number of piperidine rings is 1. The van der Waals surface area contributed by atoms with Gasteiger partial charge >= 0.3 is 5.97 Å². The minimum atomic E-state index is -0.610. The van der Waals surface area contributed by atoms with Crippen LogP contribution in [0.2, 0.25) is 5.02 Å².